The van der Waals surface area contributed by atoms with E-state index in [2.05, 4.69) is 14.9 Å². The largest absolute Gasteiger partial charge is 0.379 e. The number of rotatable bonds is 7. The van der Waals surface area contributed by atoms with Crippen molar-refractivity contribution in [3.63, 3.8) is 0 Å². The molecule has 1 aliphatic rings. The lowest BCUT2D eigenvalue weighted by atomic mass is 10.0. The van der Waals surface area contributed by atoms with E-state index in [9.17, 15) is 13.2 Å². The van der Waals surface area contributed by atoms with Gasteiger partial charge in [0.05, 0.1) is 18.1 Å². The van der Waals surface area contributed by atoms with Crippen LogP contribution in [0.25, 0.3) is 0 Å². The molecule has 0 aliphatic carbocycles. The van der Waals surface area contributed by atoms with Crippen LogP contribution in [0.2, 0.25) is 5.02 Å². The van der Waals surface area contributed by atoms with Crippen LogP contribution in [0.1, 0.15) is 22.0 Å². The topological polar surface area (TPSA) is 87.7 Å². The number of ether oxygens (including phenoxy) is 1. The fourth-order valence-corrected chi connectivity index (χ4v) is 4.57. The molecule has 3 rings (SSSR count). The summed E-state index contributed by atoms with van der Waals surface area (Å²) in [4.78, 5) is 13.9. The smallest absolute Gasteiger partial charge is 0.251 e. The minimum Gasteiger partial charge on any atom is -0.379 e. The Morgan fingerprint density at radius 2 is 1.79 bits per heavy atom. The first-order valence-electron chi connectivity index (χ1n) is 9.30. The average molecular weight is 438 g/mol. The van der Waals surface area contributed by atoms with Crippen LogP contribution in [0.5, 0.6) is 0 Å². The van der Waals surface area contributed by atoms with E-state index >= 15 is 0 Å². The molecule has 0 radical (unpaired) electrons. The number of halogens is 1. The second-order valence-electron chi connectivity index (χ2n) is 6.64. The van der Waals surface area contributed by atoms with Crippen molar-refractivity contribution in [1.82, 2.24) is 14.9 Å². The lowest BCUT2D eigenvalue weighted by Crippen LogP contribution is -2.43. The summed E-state index contributed by atoms with van der Waals surface area (Å²) in [6.07, 6.45) is 0. The van der Waals surface area contributed by atoms with Gasteiger partial charge in [-0.2, -0.15) is 0 Å². The van der Waals surface area contributed by atoms with E-state index in [1.54, 1.807) is 6.07 Å². The highest BCUT2D eigenvalue weighted by atomic mass is 35.5. The minimum absolute atomic E-state index is 0.102. The zero-order valence-corrected chi connectivity index (χ0v) is 17.7. The van der Waals surface area contributed by atoms with Crippen LogP contribution in [0.3, 0.4) is 0 Å². The Bertz CT molecular complexity index is 944. The number of hydrogen-bond acceptors (Lipinski definition) is 5. The number of amides is 1. The van der Waals surface area contributed by atoms with Crippen molar-refractivity contribution in [2.75, 3.05) is 39.9 Å². The number of nitrogens with one attached hydrogen (secondary N) is 2. The third kappa shape index (κ3) is 5.34. The van der Waals surface area contributed by atoms with Crippen LogP contribution in [-0.2, 0) is 14.8 Å². The molecule has 1 saturated heterocycles. The van der Waals surface area contributed by atoms with Crippen molar-refractivity contribution < 1.29 is 17.9 Å². The SMILES string of the molecule is CNC(=O)c1ccc(S(=O)(=O)NCC(c2ccccc2Cl)N2CCOCC2)cc1. The molecule has 0 bridgehead atoms. The van der Waals surface area contributed by atoms with Crippen LogP contribution < -0.4 is 10.0 Å². The van der Waals surface area contributed by atoms with E-state index in [1.165, 1.54) is 31.3 Å². The van der Waals surface area contributed by atoms with Gasteiger partial charge < -0.3 is 10.1 Å². The van der Waals surface area contributed by atoms with E-state index < -0.39 is 10.0 Å². The predicted octanol–water partition coefficient (Wildman–Crippen LogP) is 2.05. The third-order valence-electron chi connectivity index (χ3n) is 4.87. The highest BCUT2D eigenvalue weighted by Gasteiger charge is 2.26. The standard InChI is InChI=1S/C20H24ClN3O4S/c1-22-20(25)15-6-8-16(9-7-15)29(26,27)23-14-19(24-10-12-28-13-11-24)17-4-2-3-5-18(17)21/h2-9,19,23H,10-14H2,1H3,(H,22,25). The second-order valence-corrected chi connectivity index (χ2v) is 8.82. The molecule has 2 aromatic carbocycles. The summed E-state index contributed by atoms with van der Waals surface area (Å²) >= 11 is 6.39. The van der Waals surface area contributed by atoms with Gasteiger partial charge in [-0.15, -0.1) is 0 Å². The summed E-state index contributed by atoms with van der Waals surface area (Å²) in [6.45, 7) is 2.74. The van der Waals surface area contributed by atoms with Crippen LogP contribution in [0, 0.1) is 0 Å². The number of carbonyl (C=O) groups is 1. The van der Waals surface area contributed by atoms with Gasteiger partial charge in [-0.3, -0.25) is 9.69 Å². The summed E-state index contributed by atoms with van der Waals surface area (Å²) in [5.41, 5.74) is 1.27. The van der Waals surface area contributed by atoms with Crippen LogP contribution in [-0.4, -0.2) is 59.1 Å². The lowest BCUT2D eigenvalue weighted by Gasteiger charge is -2.35. The molecule has 1 aliphatic heterocycles. The predicted molar refractivity (Wildman–Crippen MR) is 112 cm³/mol. The fourth-order valence-electron chi connectivity index (χ4n) is 3.27. The van der Waals surface area contributed by atoms with Crippen molar-refractivity contribution >= 4 is 27.5 Å². The summed E-state index contributed by atoms with van der Waals surface area (Å²) in [5.74, 6) is -0.270. The Morgan fingerprint density at radius 3 is 2.41 bits per heavy atom. The zero-order chi connectivity index (χ0) is 20.9. The summed E-state index contributed by atoms with van der Waals surface area (Å²) in [6, 6.07) is 13.1. The van der Waals surface area contributed by atoms with Gasteiger partial charge in [-0.25, -0.2) is 13.1 Å². The maximum Gasteiger partial charge on any atom is 0.251 e. The number of nitrogens with zero attached hydrogens (tertiary/aromatic N) is 1. The monoisotopic (exact) mass is 437 g/mol. The number of hydrogen-bond donors (Lipinski definition) is 2. The minimum atomic E-state index is -3.75. The first-order valence-corrected chi connectivity index (χ1v) is 11.2. The first kappa shape index (κ1) is 21.7. The van der Waals surface area contributed by atoms with Gasteiger partial charge >= 0.3 is 0 Å². The van der Waals surface area contributed by atoms with Gasteiger partial charge in [0.1, 0.15) is 0 Å². The maximum atomic E-state index is 12.8. The van der Waals surface area contributed by atoms with Crippen molar-refractivity contribution in [1.29, 1.82) is 0 Å². The number of carbonyl (C=O) groups excluding carboxylic acids is 1. The summed E-state index contributed by atoms with van der Waals surface area (Å²) in [5, 5.41) is 3.10. The van der Waals surface area contributed by atoms with Gasteiger partial charge in [0, 0.05) is 43.3 Å². The van der Waals surface area contributed by atoms with E-state index in [4.69, 9.17) is 16.3 Å². The Kier molecular flexibility index (Phi) is 7.26. The number of morpholine rings is 1. The molecule has 1 amide bonds. The van der Waals surface area contributed by atoms with Gasteiger partial charge in [-0.1, -0.05) is 29.8 Å². The third-order valence-corrected chi connectivity index (χ3v) is 6.65. The quantitative estimate of drug-likeness (QED) is 0.692. The number of sulfonamides is 1. The molecule has 156 valence electrons. The Morgan fingerprint density at radius 1 is 1.14 bits per heavy atom. The Balaban J connectivity index is 1.79. The molecule has 2 aromatic rings. The first-order chi connectivity index (χ1) is 13.9. The molecule has 9 heteroatoms. The molecule has 0 aromatic heterocycles. The Hall–Kier alpha value is -1.97. The second kappa shape index (κ2) is 9.69. The number of benzene rings is 2. The highest BCUT2D eigenvalue weighted by molar-refractivity contribution is 7.89. The molecule has 0 saturated carbocycles. The highest BCUT2D eigenvalue weighted by Crippen LogP contribution is 2.28. The Labute approximate surface area is 176 Å². The van der Waals surface area contributed by atoms with E-state index in [-0.39, 0.29) is 23.4 Å². The normalized spacial score (nSPS) is 16.3. The van der Waals surface area contributed by atoms with Gasteiger partial charge in [0.25, 0.3) is 5.91 Å². The average Bonchev–Trinajstić information content (AvgIpc) is 2.75. The van der Waals surface area contributed by atoms with Crippen molar-refractivity contribution in [2.24, 2.45) is 0 Å². The van der Waals surface area contributed by atoms with E-state index in [1.807, 2.05) is 18.2 Å². The molecule has 2 N–H and O–H groups in total. The fraction of sp³-hybridized carbons (Fsp3) is 0.350. The molecule has 7 nitrogen and oxygen atoms in total. The molecular formula is C20H24ClN3O4S. The van der Waals surface area contributed by atoms with Crippen molar-refractivity contribution in [3.8, 4) is 0 Å². The van der Waals surface area contributed by atoms with Gasteiger partial charge in [0.2, 0.25) is 10.0 Å². The van der Waals surface area contributed by atoms with Crippen LogP contribution >= 0.6 is 11.6 Å². The molecule has 1 heterocycles. The summed E-state index contributed by atoms with van der Waals surface area (Å²) in [7, 11) is -2.22. The molecule has 29 heavy (non-hydrogen) atoms. The van der Waals surface area contributed by atoms with Crippen LogP contribution in [0.4, 0.5) is 0 Å². The van der Waals surface area contributed by atoms with E-state index in [0.717, 1.165) is 5.56 Å². The molecule has 0 spiro atoms. The zero-order valence-electron chi connectivity index (χ0n) is 16.1. The lowest BCUT2D eigenvalue weighted by molar-refractivity contribution is 0.0172. The molecule has 1 atom stereocenters. The van der Waals surface area contributed by atoms with Gasteiger partial charge in [-0.05, 0) is 35.9 Å². The molecule has 1 unspecified atom stereocenters. The van der Waals surface area contributed by atoms with E-state index in [0.29, 0.717) is 36.9 Å². The van der Waals surface area contributed by atoms with Crippen LogP contribution in [0.15, 0.2) is 53.4 Å². The van der Waals surface area contributed by atoms with Crippen molar-refractivity contribution in [2.45, 2.75) is 10.9 Å². The molecular weight excluding hydrogens is 414 g/mol. The van der Waals surface area contributed by atoms with Crippen molar-refractivity contribution in [3.05, 3.63) is 64.7 Å². The van der Waals surface area contributed by atoms with Gasteiger partial charge in [0.15, 0.2) is 0 Å². The maximum absolute atomic E-state index is 12.8. The summed E-state index contributed by atoms with van der Waals surface area (Å²) < 4.78 is 33.7. The molecule has 1 fully saturated rings.